The van der Waals surface area contributed by atoms with Gasteiger partial charge in [-0.15, -0.1) is 0 Å². The number of anilines is 1. The summed E-state index contributed by atoms with van der Waals surface area (Å²) in [7, 11) is 0. The zero-order chi connectivity index (χ0) is 20.0. The van der Waals surface area contributed by atoms with E-state index in [9.17, 15) is 4.79 Å². The zero-order valence-electron chi connectivity index (χ0n) is 15.3. The maximum Gasteiger partial charge on any atom is 0.218 e. The second kappa shape index (κ2) is 9.53. The Morgan fingerprint density at radius 1 is 1.37 bits per heavy atom. The molecule has 0 saturated heterocycles. The Kier molecular flexibility index (Phi) is 7.38. The van der Waals surface area contributed by atoms with Gasteiger partial charge in [-0.3, -0.25) is 4.79 Å². The van der Waals surface area contributed by atoms with Crippen LogP contribution in [0.15, 0.2) is 30.5 Å². The van der Waals surface area contributed by atoms with E-state index in [0.29, 0.717) is 23.6 Å². The maximum absolute atomic E-state index is 15.2. The number of hydrogen-bond donors (Lipinski definition) is 3. The highest BCUT2D eigenvalue weighted by Crippen LogP contribution is 2.36. The van der Waals surface area contributed by atoms with E-state index >= 15 is 4.39 Å². The minimum atomic E-state index is -0.559. The SMILES string of the molecule is CCC[C@@H](N[C@@H](C)CC(N)=O)c1ccc(Cl)c(Oc2ccc(N)nc2)c1F. The molecule has 2 aromatic rings. The van der Waals surface area contributed by atoms with Crippen molar-refractivity contribution < 1.29 is 13.9 Å². The fraction of sp³-hybridized carbons (Fsp3) is 0.368. The molecular formula is C19H24ClFN4O2. The Morgan fingerprint density at radius 2 is 2.11 bits per heavy atom. The lowest BCUT2D eigenvalue weighted by molar-refractivity contribution is -0.118. The van der Waals surface area contributed by atoms with Crippen molar-refractivity contribution in [1.82, 2.24) is 10.3 Å². The van der Waals surface area contributed by atoms with Crippen LogP contribution in [-0.2, 0) is 4.79 Å². The maximum atomic E-state index is 15.2. The molecule has 2 atom stereocenters. The Morgan fingerprint density at radius 3 is 2.70 bits per heavy atom. The van der Waals surface area contributed by atoms with E-state index in [1.807, 2.05) is 13.8 Å². The molecule has 0 saturated carbocycles. The standard InChI is InChI=1S/C19H24ClFN4O2/c1-3-4-15(25-11(2)9-17(23)26)13-6-7-14(20)19(18(13)21)27-12-5-8-16(22)24-10-12/h5-8,10-11,15,25H,3-4,9H2,1-2H3,(H2,22,24)(H2,23,26)/t11-,15+/m0/s1. The molecule has 1 heterocycles. The fourth-order valence-electron chi connectivity index (χ4n) is 2.80. The Bertz CT molecular complexity index is 786. The number of amides is 1. The molecule has 0 bridgehead atoms. The van der Waals surface area contributed by atoms with Gasteiger partial charge in [0.2, 0.25) is 5.91 Å². The topological polar surface area (TPSA) is 103 Å². The number of carbonyl (C=O) groups excluding carboxylic acids is 1. The van der Waals surface area contributed by atoms with Gasteiger partial charge in [0.1, 0.15) is 11.6 Å². The summed E-state index contributed by atoms with van der Waals surface area (Å²) in [5.74, 6) is -0.396. The Balaban J connectivity index is 2.31. The van der Waals surface area contributed by atoms with Gasteiger partial charge in [0.15, 0.2) is 11.6 Å². The summed E-state index contributed by atoms with van der Waals surface area (Å²) in [5.41, 5.74) is 11.2. The molecule has 27 heavy (non-hydrogen) atoms. The minimum Gasteiger partial charge on any atom is -0.451 e. The van der Waals surface area contributed by atoms with Gasteiger partial charge in [-0.1, -0.05) is 31.0 Å². The first kappa shape index (κ1) is 20.9. The molecule has 0 unspecified atom stereocenters. The van der Waals surface area contributed by atoms with Crippen molar-refractivity contribution in [2.45, 2.75) is 45.2 Å². The van der Waals surface area contributed by atoms with Gasteiger partial charge < -0.3 is 21.5 Å². The minimum absolute atomic E-state index is 0.0776. The number of nitrogens with two attached hydrogens (primary N) is 2. The molecule has 1 aromatic heterocycles. The normalized spacial score (nSPS) is 13.2. The Hall–Kier alpha value is -2.38. The van der Waals surface area contributed by atoms with E-state index in [4.69, 9.17) is 27.8 Å². The fourth-order valence-corrected chi connectivity index (χ4v) is 2.99. The number of carbonyl (C=O) groups is 1. The molecular weight excluding hydrogens is 371 g/mol. The van der Waals surface area contributed by atoms with Crippen LogP contribution < -0.4 is 21.5 Å². The summed E-state index contributed by atoms with van der Waals surface area (Å²) in [4.78, 5) is 15.1. The highest BCUT2D eigenvalue weighted by atomic mass is 35.5. The van der Waals surface area contributed by atoms with Crippen molar-refractivity contribution in [2.24, 2.45) is 5.73 Å². The van der Waals surface area contributed by atoms with Crippen LogP contribution in [0, 0.1) is 5.82 Å². The lowest BCUT2D eigenvalue weighted by atomic mass is 9.99. The summed E-state index contributed by atoms with van der Waals surface area (Å²) in [6.07, 6.45) is 3.05. The lowest BCUT2D eigenvalue weighted by Gasteiger charge is -2.24. The third kappa shape index (κ3) is 5.80. The zero-order valence-corrected chi connectivity index (χ0v) is 16.1. The number of rotatable bonds is 9. The van der Waals surface area contributed by atoms with E-state index < -0.39 is 11.7 Å². The van der Waals surface area contributed by atoms with Crippen LogP contribution in [0.25, 0.3) is 0 Å². The number of nitrogen functional groups attached to an aromatic ring is 1. The first-order chi connectivity index (χ1) is 12.8. The average Bonchev–Trinajstić information content (AvgIpc) is 2.59. The highest BCUT2D eigenvalue weighted by molar-refractivity contribution is 6.32. The molecule has 0 fully saturated rings. The van der Waals surface area contributed by atoms with Crippen LogP contribution in [0.2, 0.25) is 5.02 Å². The van der Waals surface area contributed by atoms with Crippen LogP contribution >= 0.6 is 11.6 Å². The van der Waals surface area contributed by atoms with E-state index in [1.54, 1.807) is 24.3 Å². The first-order valence-corrected chi connectivity index (χ1v) is 9.11. The van der Waals surface area contributed by atoms with Crippen LogP contribution in [0.1, 0.15) is 44.7 Å². The van der Waals surface area contributed by atoms with Gasteiger partial charge >= 0.3 is 0 Å². The Labute approximate surface area is 163 Å². The number of aromatic nitrogens is 1. The number of nitrogens with one attached hydrogen (secondary N) is 1. The number of nitrogens with zero attached hydrogens (tertiary/aromatic N) is 1. The summed E-state index contributed by atoms with van der Waals surface area (Å²) in [5, 5.41) is 3.40. The van der Waals surface area contributed by atoms with Gasteiger partial charge in [0.25, 0.3) is 0 Å². The second-order valence-corrected chi connectivity index (χ2v) is 6.79. The number of halogens is 2. The van der Waals surface area contributed by atoms with Gasteiger partial charge in [-0.2, -0.15) is 0 Å². The lowest BCUT2D eigenvalue weighted by Crippen LogP contribution is -2.34. The number of pyridine rings is 1. The smallest absolute Gasteiger partial charge is 0.218 e. The van der Waals surface area contributed by atoms with E-state index in [1.165, 1.54) is 6.20 Å². The molecule has 0 radical (unpaired) electrons. The molecule has 0 aliphatic heterocycles. The van der Waals surface area contributed by atoms with Crippen LogP contribution in [0.5, 0.6) is 11.5 Å². The quantitative estimate of drug-likeness (QED) is 0.597. The molecule has 2 rings (SSSR count). The predicted molar refractivity (Wildman–Crippen MR) is 104 cm³/mol. The van der Waals surface area contributed by atoms with Crippen LogP contribution in [-0.4, -0.2) is 16.9 Å². The van der Waals surface area contributed by atoms with Gasteiger partial charge in [-0.05, 0) is 31.5 Å². The highest BCUT2D eigenvalue weighted by Gasteiger charge is 2.23. The van der Waals surface area contributed by atoms with Crippen molar-refractivity contribution in [3.05, 3.63) is 46.9 Å². The monoisotopic (exact) mass is 394 g/mol. The van der Waals surface area contributed by atoms with Gasteiger partial charge in [0.05, 0.1) is 11.2 Å². The number of ether oxygens (including phenoxy) is 1. The van der Waals surface area contributed by atoms with E-state index in [0.717, 1.165) is 6.42 Å². The van der Waals surface area contributed by atoms with Crippen LogP contribution in [0.4, 0.5) is 10.2 Å². The van der Waals surface area contributed by atoms with E-state index in [-0.39, 0.29) is 29.3 Å². The van der Waals surface area contributed by atoms with Crippen molar-refractivity contribution in [3.8, 4) is 11.5 Å². The number of benzene rings is 1. The van der Waals surface area contributed by atoms with Crippen molar-refractivity contribution >= 4 is 23.3 Å². The summed E-state index contributed by atoms with van der Waals surface area (Å²) < 4.78 is 20.8. The van der Waals surface area contributed by atoms with Crippen molar-refractivity contribution in [1.29, 1.82) is 0 Å². The van der Waals surface area contributed by atoms with Gasteiger partial charge in [0, 0.05) is 24.1 Å². The summed E-state index contributed by atoms with van der Waals surface area (Å²) in [6, 6.07) is 5.84. The van der Waals surface area contributed by atoms with Crippen molar-refractivity contribution in [2.75, 3.05) is 5.73 Å². The average molecular weight is 395 g/mol. The molecule has 0 aliphatic rings. The molecule has 6 nitrogen and oxygen atoms in total. The second-order valence-electron chi connectivity index (χ2n) is 6.38. The third-order valence-electron chi connectivity index (χ3n) is 4.00. The third-order valence-corrected chi connectivity index (χ3v) is 4.30. The van der Waals surface area contributed by atoms with Gasteiger partial charge in [-0.25, -0.2) is 9.37 Å². The molecule has 8 heteroatoms. The molecule has 0 aliphatic carbocycles. The molecule has 5 N–H and O–H groups in total. The largest absolute Gasteiger partial charge is 0.451 e. The number of hydrogen-bond acceptors (Lipinski definition) is 5. The molecule has 0 spiro atoms. The molecule has 1 amide bonds. The van der Waals surface area contributed by atoms with Crippen molar-refractivity contribution in [3.63, 3.8) is 0 Å². The number of primary amides is 1. The molecule has 1 aromatic carbocycles. The van der Waals surface area contributed by atoms with Crippen LogP contribution in [0.3, 0.4) is 0 Å². The summed E-state index contributed by atoms with van der Waals surface area (Å²) >= 11 is 6.15. The first-order valence-electron chi connectivity index (χ1n) is 8.73. The predicted octanol–water partition coefficient (Wildman–Crippen LogP) is 3.94. The summed E-state index contributed by atoms with van der Waals surface area (Å²) in [6.45, 7) is 3.83. The molecule has 146 valence electrons. The van der Waals surface area contributed by atoms with E-state index in [2.05, 4.69) is 10.3 Å².